The van der Waals surface area contributed by atoms with Crippen molar-refractivity contribution < 1.29 is 4.79 Å². The lowest BCUT2D eigenvalue weighted by atomic mass is 9.97. The van der Waals surface area contributed by atoms with Crippen molar-refractivity contribution in [2.24, 2.45) is 11.8 Å². The van der Waals surface area contributed by atoms with Crippen LogP contribution in [0.15, 0.2) is 0 Å². The molecule has 1 saturated heterocycles. The van der Waals surface area contributed by atoms with Gasteiger partial charge in [0.1, 0.15) is 0 Å². The third-order valence-corrected chi connectivity index (χ3v) is 2.81. The van der Waals surface area contributed by atoms with Gasteiger partial charge < -0.3 is 4.90 Å². The van der Waals surface area contributed by atoms with Crippen LogP contribution in [0.5, 0.6) is 0 Å². The van der Waals surface area contributed by atoms with Gasteiger partial charge in [0.2, 0.25) is 5.91 Å². The maximum Gasteiger partial charge on any atom is 0.225 e. The molecular weight excluding hydrogens is 150 g/mol. The van der Waals surface area contributed by atoms with Crippen molar-refractivity contribution in [2.75, 3.05) is 13.1 Å². The first-order chi connectivity index (χ1) is 5.63. The lowest BCUT2D eigenvalue weighted by Gasteiger charge is -2.22. The van der Waals surface area contributed by atoms with Gasteiger partial charge in [-0.05, 0) is 18.8 Å². The number of nitrogens with zero attached hydrogens (tertiary/aromatic N) is 1. The Morgan fingerprint density at radius 1 is 1.17 bits per heavy atom. The van der Waals surface area contributed by atoms with Crippen molar-refractivity contribution in [3.63, 3.8) is 0 Å². The van der Waals surface area contributed by atoms with Crippen molar-refractivity contribution in [2.45, 2.75) is 33.6 Å². The number of carbonyl (C=O) groups is 1. The Labute approximate surface area is 74.9 Å². The predicted octanol–water partition coefficient (Wildman–Crippen LogP) is 1.90. The van der Waals surface area contributed by atoms with Crippen LogP contribution in [0.4, 0.5) is 0 Å². The zero-order valence-corrected chi connectivity index (χ0v) is 8.34. The largest absolute Gasteiger partial charge is 0.342 e. The molecule has 0 N–H and O–H groups in total. The second-order valence-electron chi connectivity index (χ2n) is 4.07. The van der Waals surface area contributed by atoms with Crippen LogP contribution in [0.1, 0.15) is 33.6 Å². The molecular formula is C10H19NO. The van der Waals surface area contributed by atoms with E-state index in [9.17, 15) is 4.79 Å². The summed E-state index contributed by atoms with van der Waals surface area (Å²) < 4.78 is 0. The van der Waals surface area contributed by atoms with Gasteiger partial charge in [0.15, 0.2) is 0 Å². The molecule has 0 spiro atoms. The maximum atomic E-state index is 11.7. The van der Waals surface area contributed by atoms with Gasteiger partial charge in [-0.15, -0.1) is 0 Å². The number of amides is 1. The van der Waals surface area contributed by atoms with Gasteiger partial charge in [-0.3, -0.25) is 4.79 Å². The van der Waals surface area contributed by atoms with E-state index in [0.29, 0.717) is 11.8 Å². The van der Waals surface area contributed by atoms with Crippen LogP contribution >= 0.6 is 0 Å². The van der Waals surface area contributed by atoms with Gasteiger partial charge in [0, 0.05) is 19.0 Å². The van der Waals surface area contributed by atoms with E-state index in [1.54, 1.807) is 0 Å². The standard InChI is InChI=1S/C10H19NO/c1-8(2)9(3)10(12)11-6-4-5-7-11/h8-9H,4-7H2,1-3H3/t9-/m1/s1. The van der Waals surface area contributed by atoms with Gasteiger partial charge in [-0.2, -0.15) is 0 Å². The number of hydrogen-bond donors (Lipinski definition) is 0. The van der Waals surface area contributed by atoms with Crippen LogP contribution in [0.2, 0.25) is 0 Å². The lowest BCUT2D eigenvalue weighted by Crippen LogP contribution is -2.34. The fourth-order valence-electron chi connectivity index (χ4n) is 1.51. The van der Waals surface area contributed by atoms with Crippen molar-refractivity contribution in [3.8, 4) is 0 Å². The lowest BCUT2D eigenvalue weighted by molar-refractivity contribution is -0.135. The molecule has 12 heavy (non-hydrogen) atoms. The Hall–Kier alpha value is -0.530. The van der Waals surface area contributed by atoms with E-state index in [4.69, 9.17) is 0 Å². The van der Waals surface area contributed by atoms with Crippen molar-refractivity contribution in [1.29, 1.82) is 0 Å². The number of likely N-dealkylation sites (tertiary alicyclic amines) is 1. The van der Waals surface area contributed by atoms with Crippen LogP contribution in [0.3, 0.4) is 0 Å². The molecule has 1 fully saturated rings. The summed E-state index contributed by atoms with van der Waals surface area (Å²) in [4.78, 5) is 13.7. The highest BCUT2D eigenvalue weighted by Gasteiger charge is 2.24. The second kappa shape index (κ2) is 3.92. The average molecular weight is 169 g/mol. The molecule has 0 aromatic rings. The van der Waals surface area contributed by atoms with Crippen molar-refractivity contribution in [3.05, 3.63) is 0 Å². The first-order valence-corrected chi connectivity index (χ1v) is 4.91. The van der Waals surface area contributed by atoms with Crippen LogP contribution in [-0.4, -0.2) is 23.9 Å². The van der Waals surface area contributed by atoms with Gasteiger partial charge in [-0.25, -0.2) is 0 Å². The molecule has 2 nitrogen and oxygen atoms in total. The minimum absolute atomic E-state index is 0.197. The van der Waals surface area contributed by atoms with Gasteiger partial charge in [-0.1, -0.05) is 20.8 Å². The van der Waals surface area contributed by atoms with E-state index < -0.39 is 0 Å². The molecule has 0 bridgehead atoms. The Balaban J connectivity index is 2.45. The summed E-state index contributed by atoms with van der Waals surface area (Å²) in [5, 5.41) is 0. The molecule has 0 radical (unpaired) electrons. The fraction of sp³-hybridized carbons (Fsp3) is 0.900. The molecule has 1 aliphatic heterocycles. The maximum absolute atomic E-state index is 11.7. The fourth-order valence-corrected chi connectivity index (χ4v) is 1.51. The smallest absolute Gasteiger partial charge is 0.225 e. The molecule has 0 aromatic heterocycles. The molecule has 0 unspecified atom stereocenters. The van der Waals surface area contributed by atoms with Gasteiger partial charge in [0.25, 0.3) is 0 Å². The summed E-state index contributed by atoms with van der Waals surface area (Å²) in [7, 11) is 0. The highest BCUT2D eigenvalue weighted by Crippen LogP contribution is 2.17. The van der Waals surface area contributed by atoms with Crippen LogP contribution in [-0.2, 0) is 4.79 Å². The zero-order chi connectivity index (χ0) is 9.14. The zero-order valence-electron chi connectivity index (χ0n) is 8.34. The summed E-state index contributed by atoms with van der Waals surface area (Å²) in [5.74, 6) is 1.02. The Morgan fingerprint density at radius 2 is 1.67 bits per heavy atom. The van der Waals surface area contributed by atoms with Crippen LogP contribution in [0, 0.1) is 11.8 Å². The third-order valence-electron chi connectivity index (χ3n) is 2.81. The van der Waals surface area contributed by atoms with Gasteiger partial charge in [0.05, 0.1) is 0 Å². The minimum Gasteiger partial charge on any atom is -0.342 e. The van der Waals surface area contributed by atoms with Crippen LogP contribution < -0.4 is 0 Å². The minimum atomic E-state index is 0.197. The van der Waals surface area contributed by atoms with Crippen molar-refractivity contribution >= 4 is 5.91 Å². The monoisotopic (exact) mass is 169 g/mol. The molecule has 70 valence electrons. The van der Waals surface area contributed by atoms with Gasteiger partial charge >= 0.3 is 0 Å². The normalized spacial score (nSPS) is 20.2. The first-order valence-electron chi connectivity index (χ1n) is 4.91. The summed E-state index contributed by atoms with van der Waals surface area (Å²) in [6, 6.07) is 0. The van der Waals surface area contributed by atoms with E-state index >= 15 is 0 Å². The first kappa shape index (κ1) is 9.56. The quantitative estimate of drug-likeness (QED) is 0.618. The highest BCUT2D eigenvalue weighted by atomic mass is 16.2. The molecule has 0 aromatic carbocycles. The topological polar surface area (TPSA) is 20.3 Å². The highest BCUT2D eigenvalue weighted by molar-refractivity contribution is 5.78. The van der Waals surface area contributed by atoms with E-state index in [2.05, 4.69) is 13.8 Å². The molecule has 0 aliphatic carbocycles. The summed E-state index contributed by atoms with van der Waals surface area (Å²) in [6.45, 7) is 8.22. The average Bonchev–Trinajstić information content (AvgIpc) is 2.53. The third kappa shape index (κ3) is 1.99. The molecule has 0 saturated carbocycles. The number of hydrogen-bond acceptors (Lipinski definition) is 1. The second-order valence-corrected chi connectivity index (χ2v) is 4.07. The summed E-state index contributed by atoms with van der Waals surface area (Å²) in [6.07, 6.45) is 2.38. The molecule has 1 heterocycles. The molecule has 1 amide bonds. The predicted molar refractivity (Wildman–Crippen MR) is 49.8 cm³/mol. The van der Waals surface area contributed by atoms with Crippen molar-refractivity contribution in [1.82, 2.24) is 4.90 Å². The Kier molecular flexibility index (Phi) is 3.12. The van der Waals surface area contributed by atoms with E-state index in [-0.39, 0.29) is 5.92 Å². The number of rotatable bonds is 2. The molecule has 2 heteroatoms. The SMILES string of the molecule is CC(C)[C@@H](C)C(=O)N1CCCC1. The molecule has 1 rings (SSSR count). The number of carbonyl (C=O) groups excluding carboxylic acids is 1. The molecule has 1 atom stereocenters. The summed E-state index contributed by atoms with van der Waals surface area (Å²) >= 11 is 0. The Bertz CT molecular complexity index is 155. The van der Waals surface area contributed by atoms with Crippen LogP contribution in [0.25, 0.3) is 0 Å². The van der Waals surface area contributed by atoms with E-state index in [0.717, 1.165) is 13.1 Å². The molecule has 1 aliphatic rings. The Morgan fingerprint density at radius 3 is 2.08 bits per heavy atom. The summed E-state index contributed by atoms with van der Waals surface area (Å²) in [5.41, 5.74) is 0. The van der Waals surface area contributed by atoms with E-state index in [1.807, 2.05) is 11.8 Å². The van der Waals surface area contributed by atoms with E-state index in [1.165, 1.54) is 12.8 Å².